The van der Waals surface area contributed by atoms with Crippen LogP contribution in [0, 0.1) is 0 Å². The van der Waals surface area contributed by atoms with Crippen molar-refractivity contribution in [3.05, 3.63) is 46.4 Å². The first-order valence-electron chi connectivity index (χ1n) is 8.03. The van der Waals surface area contributed by atoms with E-state index in [-0.39, 0.29) is 11.4 Å². The lowest BCUT2D eigenvalue weighted by molar-refractivity contribution is 0.324. The van der Waals surface area contributed by atoms with E-state index in [1.165, 1.54) is 5.56 Å². The lowest BCUT2D eigenvalue weighted by atomic mass is 10.1. The Morgan fingerprint density at radius 1 is 1.08 bits per heavy atom. The van der Waals surface area contributed by atoms with E-state index in [1.54, 1.807) is 21.3 Å². The molecule has 2 aromatic carbocycles. The molecule has 0 saturated carbocycles. The van der Waals surface area contributed by atoms with Gasteiger partial charge in [-0.2, -0.15) is 0 Å². The molecule has 1 saturated heterocycles. The molecule has 3 rings (SSSR count). The molecule has 1 aliphatic heterocycles. The van der Waals surface area contributed by atoms with Crippen molar-refractivity contribution >= 4 is 51.0 Å². The summed E-state index contributed by atoms with van der Waals surface area (Å²) >= 11 is 10.7. The van der Waals surface area contributed by atoms with Gasteiger partial charge < -0.3 is 19.1 Å². The molecule has 7 heteroatoms. The van der Waals surface area contributed by atoms with Gasteiger partial charge in [0.1, 0.15) is 5.37 Å². The molecule has 0 amide bonds. The first kappa shape index (κ1) is 19.3. The average Bonchev–Trinajstić information content (AvgIpc) is 3.11. The average molecular weight is 454 g/mol. The lowest BCUT2D eigenvalue weighted by Crippen LogP contribution is -2.33. The van der Waals surface area contributed by atoms with Crippen LogP contribution in [0.25, 0.3) is 0 Å². The van der Waals surface area contributed by atoms with Crippen molar-refractivity contribution in [3.63, 3.8) is 0 Å². The van der Waals surface area contributed by atoms with Crippen LogP contribution in [-0.2, 0) is 0 Å². The zero-order chi connectivity index (χ0) is 18.7. The van der Waals surface area contributed by atoms with Crippen molar-refractivity contribution in [2.75, 3.05) is 32.0 Å². The minimum atomic E-state index is 0.145. The molecule has 0 N–H and O–H groups in total. The fourth-order valence-electron chi connectivity index (χ4n) is 3.06. The molecule has 0 aromatic heterocycles. The molecule has 0 radical (unpaired) electrons. The summed E-state index contributed by atoms with van der Waals surface area (Å²) in [4.78, 5) is 2.31. The van der Waals surface area contributed by atoms with Gasteiger partial charge in [-0.3, -0.25) is 0 Å². The normalized spacial score (nSPS) is 19.3. The molecule has 1 fully saturated rings. The monoisotopic (exact) mass is 453 g/mol. The van der Waals surface area contributed by atoms with Crippen LogP contribution in [-0.4, -0.2) is 38.5 Å². The number of nitrogens with zero attached hydrogens (tertiary/aromatic N) is 1. The highest BCUT2D eigenvalue weighted by molar-refractivity contribution is 9.10. The van der Waals surface area contributed by atoms with Crippen molar-refractivity contribution in [1.82, 2.24) is 0 Å². The second-order valence-corrected chi connectivity index (χ2v) is 8.03. The first-order valence-corrected chi connectivity index (χ1v) is 10.3. The van der Waals surface area contributed by atoms with Gasteiger partial charge >= 0.3 is 0 Å². The minimum absolute atomic E-state index is 0.145. The van der Waals surface area contributed by atoms with E-state index in [0.29, 0.717) is 17.2 Å². The Kier molecular flexibility index (Phi) is 6.32. The van der Waals surface area contributed by atoms with Crippen LogP contribution in [0.5, 0.6) is 17.2 Å². The Balaban J connectivity index is 2.08. The number of benzene rings is 2. The highest BCUT2D eigenvalue weighted by Crippen LogP contribution is 2.48. The molecule has 2 unspecified atom stereocenters. The minimum Gasteiger partial charge on any atom is -0.493 e. The van der Waals surface area contributed by atoms with Crippen LogP contribution in [0.1, 0.15) is 10.9 Å². The Bertz CT molecular complexity index is 760. The van der Waals surface area contributed by atoms with Crippen molar-refractivity contribution in [3.8, 4) is 17.2 Å². The Hall–Kier alpha value is -1.44. The Morgan fingerprint density at radius 2 is 1.69 bits per heavy atom. The number of hydrogen-bond acceptors (Lipinski definition) is 6. The number of anilines is 1. The van der Waals surface area contributed by atoms with E-state index in [4.69, 9.17) is 26.4 Å². The molecule has 1 aliphatic rings. The van der Waals surface area contributed by atoms with Crippen molar-refractivity contribution < 1.29 is 14.2 Å². The number of rotatable bonds is 6. The predicted molar refractivity (Wildman–Crippen MR) is 115 cm³/mol. The van der Waals surface area contributed by atoms with Crippen LogP contribution in [0.2, 0.25) is 0 Å². The number of thiocarbonyl (C=S) groups is 1. The van der Waals surface area contributed by atoms with Crippen molar-refractivity contribution in [2.45, 2.75) is 11.4 Å². The molecule has 2 atom stereocenters. The van der Waals surface area contributed by atoms with Crippen LogP contribution in [0.4, 0.5) is 5.69 Å². The summed E-state index contributed by atoms with van der Waals surface area (Å²) in [6.07, 6.45) is 0. The Labute approximate surface area is 171 Å². The van der Waals surface area contributed by atoms with Gasteiger partial charge in [0.2, 0.25) is 5.75 Å². The number of hydrogen-bond donors (Lipinski definition) is 0. The second-order valence-electron chi connectivity index (χ2n) is 5.73. The van der Waals surface area contributed by atoms with Crippen LogP contribution >= 0.6 is 39.9 Å². The largest absolute Gasteiger partial charge is 0.493 e. The Morgan fingerprint density at radius 3 is 2.19 bits per heavy atom. The number of halogens is 1. The second kappa shape index (κ2) is 8.50. The molecule has 0 aliphatic carbocycles. The van der Waals surface area contributed by atoms with E-state index in [2.05, 4.69) is 45.1 Å². The maximum atomic E-state index is 5.52. The smallest absolute Gasteiger partial charge is 0.203 e. The van der Waals surface area contributed by atoms with Gasteiger partial charge in [0.25, 0.3) is 0 Å². The molecular formula is C19H20BrNO3S2. The van der Waals surface area contributed by atoms with Gasteiger partial charge in [-0.15, -0.1) is 11.8 Å². The molecule has 138 valence electrons. The van der Waals surface area contributed by atoms with E-state index in [0.717, 1.165) is 15.9 Å². The van der Waals surface area contributed by atoms with Crippen LogP contribution in [0.3, 0.4) is 0 Å². The number of ether oxygens (including phenoxy) is 3. The topological polar surface area (TPSA) is 30.9 Å². The molecule has 0 bridgehead atoms. The van der Waals surface area contributed by atoms with E-state index in [9.17, 15) is 0 Å². The van der Waals surface area contributed by atoms with Gasteiger partial charge in [0.15, 0.2) is 11.5 Å². The van der Waals surface area contributed by atoms with Gasteiger partial charge in [0, 0.05) is 33.4 Å². The van der Waals surface area contributed by atoms with E-state index >= 15 is 0 Å². The highest BCUT2D eigenvalue weighted by Gasteiger charge is 2.35. The molecule has 26 heavy (non-hydrogen) atoms. The standard InChI is InChI=1S/C19H20BrNO3S2/c1-22-16-8-14(9-17(23-2)18(16)24-3)21-15(10-25)11-26-19(21)12-4-6-13(20)7-5-12/h4-10,15,19H,11H2,1-3H3. The lowest BCUT2D eigenvalue weighted by Gasteiger charge is -2.31. The fourth-order valence-corrected chi connectivity index (χ4v) is 5.09. The zero-order valence-electron chi connectivity index (χ0n) is 14.8. The van der Waals surface area contributed by atoms with Gasteiger partial charge in [-0.1, -0.05) is 40.3 Å². The first-order chi connectivity index (χ1) is 12.6. The highest BCUT2D eigenvalue weighted by atomic mass is 79.9. The zero-order valence-corrected chi connectivity index (χ0v) is 18.0. The molecular weight excluding hydrogens is 434 g/mol. The maximum Gasteiger partial charge on any atom is 0.203 e. The molecule has 1 heterocycles. The predicted octanol–water partition coefficient (Wildman–Crippen LogP) is 5.10. The summed E-state index contributed by atoms with van der Waals surface area (Å²) in [5.41, 5.74) is 2.22. The molecule has 4 nitrogen and oxygen atoms in total. The summed E-state index contributed by atoms with van der Waals surface area (Å²) in [5, 5.41) is 1.99. The van der Waals surface area contributed by atoms with Gasteiger partial charge in [-0.05, 0) is 17.7 Å². The maximum absolute atomic E-state index is 5.52. The number of methoxy groups -OCH3 is 3. The van der Waals surface area contributed by atoms with E-state index < -0.39 is 0 Å². The third-order valence-electron chi connectivity index (χ3n) is 4.29. The molecule has 2 aromatic rings. The SMILES string of the molecule is COc1cc(N2C(C=S)CSC2c2ccc(Br)cc2)cc(OC)c1OC. The summed E-state index contributed by atoms with van der Waals surface area (Å²) in [6, 6.07) is 12.5. The summed E-state index contributed by atoms with van der Waals surface area (Å²) in [6.45, 7) is 0. The third-order valence-corrected chi connectivity index (χ3v) is 6.49. The molecule has 0 spiro atoms. The fraction of sp³-hybridized carbons (Fsp3) is 0.316. The van der Waals surface area contributed by atoms with Crippen molar-refractivity contribution in [2.24, 2.45) is 0 Å². The van der Waals surface area contributed by atoms with Gasteiger partial charge in [0.05, 0.1) is 27.4 Å². The van der Waals surface area contributed by atoms with Crippen LogP contribution < -0.4 is 19.1 Å². The van der Waals surface area contributed by atoms with E-state index in [1.807, 2.05) is 29.3 Å². The van der Waals surface area contributed by atoms with Crippen molar-refractivity contribution in [1.29, 1.82) is 0 Å². The third kappa shape index (κ3) is 3.66. The quantitative estimate of drug-likeness (QED) is 0.565. The van der Waals surface area contributed by atoms with Crippen LogP contribution in [0.15, 0.2) is 40.9 Å². The summed E-state index contributed by atoms with van der Waals surface area (Å²) in [5.74, 6) is 2.79. The number of thioether (sulfide) groups is 1. The summed E-state index contributed by atoms with van der Waals surface area (Å²) in [7, 11) is 4.86. The van der Waals surface area contributed by atoms with Gasteiger partial charge in [-0.25, -0.2) is 0 Å². The summed E-state index contributed by atoms with van der Waals surface area (Å²) < 4.78 is 17.6.